The molecule has 10 heteroatoms. The van der Waals surface area contributed by atoms with E-state index in [0.717, 1.165) is 5.56 Å². The number of carboxylic acid groups (broad SMARTS) is 1. The number of nitrogens with one attached hydrogen (secondary N) is 1. The predicted octanol–water partition coefficient (Wildman–Crippen LogP) is 3.76. The van der Waals surface area contributed by atoms with Crippen molar-refractivity contribution in [3.63, 3.8) is 0 Å². The fourth-order valence-corrected chi connectivity index (χ4v) is 4.57. The number of halogens is 2. The highest BCUT2D eigenvalue weighted by Gasteiger charge is 2.31. The van der Waals surface area contributed by atoms with Crippen LogP contribution in [0.2, 0.25) is 0 Å². The van der Waals surface area contributed by atoms with Crippen LogP contribution in [0, 0.1) is 11.2 Å². The van der Waals surface area contributed by atoms with Crippen molar-refractivity contribution in [2.45, 2.75) is 45.3 Å². The Morgan fingerprint density at radius 1 is 1.22 bits per heavy atom. The third kappa shape index (κ3) is 5.70. The molecule has 1 unspecified atom stereocenters. The summed E-state index contributed by atoms with van der Waals surface area (Å²) in [5.74, 6) is -1.26. The molecule has 0 aliphatic carbocycles. The van der Waals surface area contributed by atoms with Gasteiger partial charge in [0.25, 0.3) is 0 Å². The summed E-state index contributed by atoms with van der Waals surface area (Å²) < 4.78 is 19.4. The van der Waals surface area contributed by atoms with E-state index in [-0.39, 0.29) is 35.1 Å². The number of fused-ring (bicyclic) bond motifs is 1. The van der Waals surface area contributed by atoms with Gasteiger partial charge in [0.1, 0.15) is 17.4 Å². The predicted molar refractivity (Wildman–Crippen MR) is 139 cm³/mol. The summed E-state index contributed by atoms with van der Waals surface area (Å²) in [6.07, 6.45) is 0.0324. The molecule has 2 aliphatic rings. The Morgan fingerprint density at radius 2 is 1.94 bits per heavy atom. The molecule has 0 spiro atoms. The van der Waals surface area contributed by atoms with E-state index < -0.39 is 29.9 Å². The van der Waals surface area contributed by atoms with E-state index in [1.54, 1.807) is 23.1 Å². The number of anilines is 1. The van der Waals surface area contributed by atoms with Gasteiger partial charge in [-0.2, -0.15) is 0 Å². The molecule has 194 valence electrons. The van der Waals surface area contributed by atoms with Crippen LogP contribution in [0.15, 0.2) is 30.3 Å². The zero-order valence-corrected chi connectivity index (χ0v) is 22.2. The number of carbonyl (C=O) groups is 2. The lowest BCUT2D eigenvalue weighted by atomic mass is 9.84. The lowest BCUT2D eigenvalue weighted by molar-refractivity contribution is -0.139. The number of β-amino-alcohol motifs (C(OH)–C–C–N with tert-alkyl or cyclic N) is 1. The lowest BCUT2D eigenvalue weighted by Crippen LogP contribution is -2.31. The summed E-state index contributed by atoms with van der Waals surface area (Å²) >= 11 is 0. The number of hydrogen-bond acceptors (Lipinski definition) is 6. The monoisotopic (exact) mass is 563 g/mol. The van der Waals surface area contributed by atoms with Gasteiger partial charge in [0.15, 0.2) is 12.4 Å². The molecule has 3 N–H and O–H groups in total. The summed E-state index contributed by atoms with van der Waals surface area (Å²) in [6.45, 7) is 6.51. The number of amidine groups is 1. The highest BCUT2D eigenvalue weighted by molar-refractivity contribution is 8.93. The minimum atomic E-state index is -1.11. The highest BCUT2D eigenvalue weighted by Crippen LogP contribution is 2.41. The first-order valence-corrected chi connectivity index (χ1v) is 11.6. The van der Waals surface area contributed by atoms with Crippen molar-refractivity contribution >= 4 is 40.3 Å². The normalized spacial score (nSPS) is 17.1. The van der Waals surface area contributed by atoms with E-state index in [1.165, 1.54) is 12.1 Å². The standard InChI is InChI=1S/C26H30FN3O5.BrH/c1-26(2,3)20-8-16(9-21(24(20)35-14-23(33)34)29-7-6-18(31)12-29)22(32)13-30-11-15-4-5-17(27)10-19(15)25(30)28;/h4-5,8-10,18,28,31H,6-7,11-14H2,1-3H3,(H,33,34);1H. The van der Waals surface area contributed by atoms with E-state index in [9.17, 15) is 24.2 Å². The van der Waals surface area contributed by atoms with Crippen LogP contribution in [0.5, 0.6) is 5.75 Å². The Morgan fingerprint density at radius 3 is 2.56 bits per heavy atom. The zero-order valence-electron chi connectivity index (χ0n) is 20.5. The molecule has 8 nitrogen and oxygen atoms in total. The Bertz CT molecular complexity index is 1200. The van der Waals surface area contributed by atoms with Crippen molar-refractivity contribution < 1.29 is 28.9 Å². The topological polar surface area (TPSA) is 114 Å². The summed E-state index contributed by atoms with van der Waals surface area (Å²) in [6, 6.07) is 7.69. The van der Waals surface area contributed by atoms with Crippen molar-refractivity contribution in [2.24, 2.45) is 0 Å². The van der Waals surface area contributed by atoms with Gasteiger partial charge in [-0.15, -0.1) is 17.0 Å². The molecule has 0 amide bonds. The number of aliphatic hydroxyl groups excluding tert-OH is 1. The molecular weight excluding hydrogens is 533 g/mol. The van der Waals surface area contributed by atoms with E-state index in [1.807, 2.05) is 25.7 Å². The fourth-order valence-electron chi connectivity index (χ4n) is 4.57. The molecule has 2 aromatic rings. The molecule has 2 aliphatic heterocycles. The molecular formula is C26H31BrFN3O5. The van der Waals surface area contributed by atoms with Crippen LogP contribution in [0.1, 0.15) is 54.2 Å². The van der Waals surface area contributed by atoms with Crippen LogP contribution in [0.4, 0.5) is 10.1 Å². The number of carboxylic acids is 1. The molecule has 0 aromatic heterocycles. The molecule has 1 atom stereocenters. The number of rotatable bonds is 7. The highest BCUT2D eigenvalue weighted by atomic mass is 79.9. The smallest absolute Gasteiger partial charge is 0.341 e. The molecule has 1 saturated heterocycles. The van der Waals surface area contributed by atoms with Crippen LogP contribution in [0.25, 0.3) is 0 Å². The minimum Gasteiger partial charge on any atom is -0.479 e. The molecule has 0 bridgehead atoms. The van der Waals surface area contributed by atoms with Gasteiger partial charge in [-0.25, -0.2) is 9.18 Å². The number of ketones is 1. The van der Waals surface area contributed by atoms with Crippen LogP contribution >= 0.6 is 17.0 Å². The van der Waals surface area contributed by atoms with Crippen molar-refractivity contribution in [3.05, 3.63) is 58.4 Å². The lowest BCUT2D eigenvalue weighted by Gasteiger charge is -2.29. The average Bonchev–Trinajstić information content (AvgIpc) is 3.34. The van der Waals surface area contributed by atoms with Gasteiger partial charge in [0.05, 0.1) is 18.3 Å². The Labute approximate surface area is 219 Å². The number of hydrogen-bond donors (Lipinski definition) is 3. The van der Waals surface area contributed by atoms with Gasteiger partial charge >= 0.3 is 5.97 Å². The molecule has 0 radical (unpaired) electrons. The Kier molecular flexibility index (Phi) is 8.10. The molecule has 4 rings (SSSR count). The number of aliphatic hydroxyl groups is 1. The third-order valence-electron chi connectivity index (χ3n) is 6.38. The number of nitrogens with zero attached hydrogens (tertiary/aromatic N) is 2. The van der Waals surface area contributed by atoms with Crippen molar-refractivity contribution in [1.29, 1.82) is 5.41 Å². The van der Waals surface area contributed by atoms with Crippen molar-refractivity contribution in [1.82, 2.24) is 4.90 Å². The number of benzene rings is 2. The van der Waals surface area contributed by atoms with Gasteiger partial charge < -0.3 is 24.7 Å². The van der Waals surface area contributed by atoms with Gasteiger partial charge in [-0.3, -0.25) is 10.2 Å². The maximum absolute atomic E-state index is 13.7. The minimum absolute atomic E-state index is 0. The molecule has 1 fully saturated rings. The summed E-state index contributed by atoms with van der Waals surface area (Å²) in [5, 5.41) is 27.7. The van der Waals surface area contributed by atoms with Gasteiger partial charge in [-0.1, -0.05) is 26.8 Å². The third-order valence-corrected chi connectivity index (χ3v) is 6.38. The largest absolute Gasteiger partial charge is 0.479 e. The quantitative estimate of drug-likeness (QED) is 0.439. The van der Waals surface area contributed by atoms with Crippen molar-refractivity contribution in [2.75, 3.05) is 31.1 Å². The van der Waals surface area contributed by atoms with Gasteiger partial charge in [0.2, 0.25) is 0 Å². The number of aliphatic carboxylic acids is 1. The summed E-state index contributed by atoms with van der Waals surface area (Å²) in [4.78, 5) is 28.2. The molecule has 0 saturated carbocycles. The molecule has 2 heterocycles. The van der Waals surface area contributed by atoms with E-state index >= 15 is 0 Å². The van der Waals surface area contributed by atoms with Crippen LogP contribution in [0.3, 0.4) is 0 Å². The first-order chi connectivity index (χ1) is 16.4. The van der Waals surface area contributed by atoms with Crippen molar-refractivity contribution in [3.8, 4) is 5.75 Å². The van der Waals surface area contributed by atoms with Gasteiger partial charge in [-0.05, 0) is 41.7 Å². The maximum atomic E-state index is 13.7. The van der Waals surface area contributed by atoms with Gasteiger partial charge in [0, 0.05) is 36.3 Å². The van der Waals surface area contributed by atoms with E-state index in [2.05, 4.69) is 0 Å². The second-order valence-corrected chi connectivity index (χ2v) is 10.1. The first kappa shape index (κ1) is 27.6. The second-order valence-electron chi connectivity index (χ2n) is 10.1. The molecule has 2 aromatic carbocycles. The number of carbonyl (C=O) groups excluding carboxylic acids is 1. The number of Topliss-reactive ketones (excluding diaryl/α,β-unsaturated/α-hetero) is 1. The van der Waals surface area contributed by atoms with E-state index in [0.29, 0.717) is 54.2 Å². The number of ether oxygens (including phenoxy) is 1. The molecule has 36 heavy (non-hydrogen) atoms. The average molecular weight is 564 g/mol. The SMILES string of the molecule is Br.CC(C)(C)c1cc(C(=O)CN2Cc3ccc(F)cc3C2=N)cc(N2CCC(O)C2)c1OCC(=O)O. The zero-order chi connectivity index (χ0) is 25.5. The van der Waals surface area contributed by atoms with Crippen LogP contribution < -0.4 is 9.64 Å². The summed E-state index contributed by atoms with van der Waals surface area (Å²) in [5.41, 5.74) is 2.47. The maximum Gasteiger partial charge on any atom is 0.341 e. The fraction of sp³-hybridized carbons (Fsp3) is 0.423. The first-order valence-electron chi connectivity index (χ1n) is 11.6. The Balaban J connectivity index is 0.00000361. The second kappa shape index (κ2) is 10.6. The Hall–Kier alpha value is -2.98. The van der Waals surface area contributed by atoms with Crippen LogP contribution in [-0.2, 0) is 16.8 Å². The summed E-state index contributed by atoms with van der Waals surface area (Å²) in [7, 11) is 0. The van der Waals surface area contributed by atoms with E-state index in [4.69, 9.17) is 10.1 Å². The van der Waals surface area contributed by atoms with Crippen LogP contribution in [-0.4, -0.2) is 65.0 Å².